The summed E-state index contributed by atoms with van der Waals surface area (Å²) in [5.74, 6) is -0.862. The molecule has 6 heteroatoms. The van der Waals surface area contributed by atoms with Crippen molar-refractivity contribution in [3.05, 3.63) is 15.6 Å². The second kappa shape index (κ2) is 5.52. The Balaban J connectivity index is 2.18. The maximum Gasteiger partial charge on any atom is 0.311 e. The third-order valence-electron chi connectivity index (χ3n) is 3.92. The number of carboxylic acids is 1. The molecule has 1 atom stereocenters. The van der Waals surface area contributed by atoms with Crippen molar-refractivity contribution in [2.75, 3.05) is 13.1 Å². The maximum absolute atomic E-state index is 12.5. The molecule has 0 saturated carbocycles. The fraction of sp³-hybridized carbons (Fsp3) is 0.643. The van der Waals surface area contributed by atoms with E-state index in [2.05, 4.69) is 4.98 Å². The van der Waals surface area contributed by atoms with E-state index in [1.807, 2.05) is 20.8 Å². The van der Waals surface area contributed by atoms with Crippen molar-refractivity contribution in [2.45, 2.75) is 40.0 Å². The van der Waals surface area contributed by atoms with Gasteiger partial charge < -0.3 is 10.0 Å². The van der Waals surface area contributed by atoms with E-state index >= 15 is 0 Å². The predicted octanol–water partition coefficient (Wildman–Crippen LogP) is 2.48. The van der Waals surface area contributed by atoms with Gasteiger partial charge in [-0.2, -0.15) is 0 Å². The van der Waals surface area contributed by atoms with Gasteiger partial charge in [-0.25, -0.2) is 4.98 Å². The zero-order valence-electron chi connectivity index (χ0n) is 12.1. The van der Waals surface area contributed by atoms with Crippen LogP contribution in [0.2, 0.25) is 0 Å². The van der Waals surface area contributed by atoms with Gasteiger partial charge in [-0.15, -0.1) is 11.3 Å². The van der Waals surface area contributed by atoms with Gasteiger partial charge in [0.2, 0.25) is 0 Å². The van der Waals surface area contributed by atoms with Crippen molar-refractivity contribution in [2.24, 2.45) is 5.41 Å². The van der Waals surface area contributed by atoms with Crippen LogP contribution in [0.15, 0.2) is 0 Å². The van der Waals surface area contributed by atoms with Gasteiger partial charge in [0.15, 0.2) is 0 Å². The third-order valence-corrected chi connectivity index (χ3v) is 4.98. The zero-order valence-corrected chi connectivity index (χ0v) is 12.9. The van der Waals surface area contributed by atoms with Gasteiger partial charge in [-0.1, -0.05) is 13.3 Å². The minimum atomic E-state index is -0.785. The Morgan fingerprint density at radius 2 is 2.15 bits per heavy atom. The van der Waals surface area contributed by atoms with Crippen LogP contribution in [0.1, 0.15) is 46.6 Å². The van der Waals surface area contributed by atoms with Gasteiger partial charge in [-0.05, 0) is 26.7 Å². The summed E-state index contributed by atoms with van der Waals surface area (Å²) in [5.41, 5.74) is -0.0290. The van der Waals surface area contributed by atoms with E-state index in [4.69, 9.17) is 0 Å². The first-order valence-electron chi connectivity index (χ1n) is 6.86. The third kappa shape index (κ3) is 2.57. The molecule has 1 aromatic rings. The quantitative estimate of drug-likeness (QED) is 0.926. The summed E-state index contributed by atoms with van der Waals surface area (Å²) < 4.78 is 0. The zero-order chi connectivity index (χ0) is 14.9. The molecular formula is C14H20N2O3S. The van der Waals surface area contributed by atoms with Crippen molar-refractivity contribution >= 4 is 23.2 Å². The average Bonchev–Trinajstić information content (AvgIpc) is 2.94. The highest BCUT2D eigenvalue weighted by atomic mass is 32.1. The van der Waals surface area contributed by atoms with Crippen LogP contribution in [0.5, 0.6) is 0 Å². The molecule has 1 saturated heterocycles. The Morgan fingerprint density at radius 1 is 1.45 bits per heavy atom. The minimum Gasteiger partial charge on any atom is -0.481 e. The van der Waals surface area contributed by atoms with Gasteiger partial charge in [0.25, 0.3) is 5.91 Å². The Kier molecular flexibility index (Phi) is 4.13. The molecule has 1 aromatic heterocycles. The molecule has 2 rings (SSSR count). The van der Waals surface area contributed by atoms with E-state index < -0.39 is 11.4 Å². The summed E-state index contributed by atoms with van der Waals surface area (Å²) >= 11 is 1.38. The van der Waals surface area contributed by atoms with E-state index in [0.717, 1.165) is 17.1 Å². The topological polar surface area (TPSA) is 70.5 Å². The number of nitrogens with zero attached hydrogens (tertiary/aromatic N) is 2. The SMILES string of the molecule is CCCC1(C(=O)O)CCN(C(=O)c2sc(C)nc2C)C1. The average molecular weight is 296 g/mol. The van der Waals surface area contributed by atoms with Crippen LogP contribution in [-0.4, -0.2) is 40.0 Å². The van der Waals surface area contributed by atoms with Crippen LogP contribution >= 0.6 is 11.3 Å². The summed E-state index contributed by atoms with van der Waals surface area (Å²) in [6.07, 6.45) is 1.97. The Labute approximate surface area is 122 Å². The van der Waals surface area contributed by atoms with Crippen LogP contribution in [0.4, 0.5) is 0 Å². The number of rotatable bonds is 4. The molecule has 1 unspecified atom stereocenters. The number of aromatic nitrogens is 1. The molecule has 0 spiro atoms. The Morgan fingerprint density at radius 3 is 2.65 bits per heavy atom. The molecule has 0 aromatic carbocycles. The molecule has 0 bridgehead atoms. The number of thiazole rings is 1. The lowest BCUT2D eigenvalue weighted by Gasteiger charge is -2.24. The van der Waals surface area contributed by atoms with Crippen molar-refractivity contribution in [3.8, 4) is 0 Å². The Bertz CT molecular complexity index is 541. The lowest BCUT2D eigenvalue weighted by atomic mass is 9.83. The molecule has 1 aliphatic heterocycles. The summed E-state index contributed by atoms with van der Waals surface area (Å²) in [5, 5.41) is 10.3. The normalized spacial score (nSPS) is 22.2. The van der Waals surface area contributed by atoms with Crippen LogP contribution in [0.25, 0.3) is 0 Å². The highest BCUT2D eigenvalue weighted by Crippen LogP contribution is 2.36. The maximum atomic E-state index is 12.5. The molecule has 1 fully saturated rings. The number of amides is 1. The van der Waals surface area contributed by atoms with E-state index in [0.29, 0.717) is 30.8 Å². The van der Waals surface area contributed by atoms with Crippen LogP contribution in [0.3, 0.4) is 0 Å². The van der Waals surface area contributed by atoms with Crippen molar-refractivity contribution < 1.29 is 14.7 Å². The molecule has 2 heterocycles. The highest BCUT2D eigenvalue weighted by molar-refractivity contribution is 7.13. The number of aliphatic carboxylic acids is 1. The molecule has 110 valence electrons. The van der Waals surface area contributed by atoms with Crippen LogP contribution in [-0.2, 0) is 4.79 Å². The number of carbonyl (C=O) groups excluding carboxylic acids is 1. The molecule has 20 heavy (non-hydrogen) atoms. The molecule has 1 amide bonds. The molecular weight excluding hydrogens is 276 g/mol. The van der Waals surface area contributed by atoms with Crippen LogP contribution < -0.4 is 0 Å². The van der Waals surface area contributed by atoms with Crippen LogP contribution in [0, 0.1) is 19.3 Å². The standard InChI is InChI=1S/C14H20N2O3S/c1-4-5-14(13(18)19)6-7-16(8-14)12(17)11-9(2)15-10(3)20-11/h4-8H2,1-3H3,(H,18,19). The second-order valence-electron chi connectivity index (χ2n) is 5.46. The lowest BCUT2D eigenvalue weighted by Crippen LogP contribution is -2.36. The summed E-state index contributed by atoms with van der Waals surface area (Å²) in [6, 6.07) is 0. The second-order valence-corrected chi connectivity index (χ2v) is 6.66. The largest absolute Gasteiger partial charge is 0.481 e. The van der Waals surface area contributed by atoms with Gasteiger partial charge in [0.1, 0.15) is 4.88 Å². The van der Waals surface area contributed by atoms with E-state index in [1.165, 1.54) is 11.3 Å². The number of hydrogen-bond donors (Lipinski definition) is 1. The summed E-state index contributed by atoms with van der Waals surface area (Å²) in [6.45, 7) is 6.50. The van der Waals surface area contributed by atoms with Gasteiger partial charge in [-0.3, -0.25) is 9.59 Å². The number of hydrogen-bond acceptors (Lipinski definition) is 4. The molecule has 1 aliphatic rings. The number of carbonyl (C=O) groups is 2. The van der Waals surface area contributed by atoms with E-state index in [9.17, 15) is 14.7 Å². The summed E-state index contributed by atoms with van der Waals surface area (Å²) in [4.78, 5) is 30.6. The van der Waals surface area contributed by atoms with Crippen molar-refractivity contribution in [1.29, 1.82) is 0 Å². The van der Waals surface area contributed by atoms with E-state index in [-0.39, 0.29) is 5.91 Å². The monoisotopic (exact) mass is 296 g/mol. The smallest absolute Gasteiger partial charge is 0.311 e. The predicted molar refractivity (Wildman–Crippen MR) is 77.1 cm³/mol. The number of likely N-dealkylation sites (tertiary alicyclic amines) is 1. The lowest BCUT2D eigenvalue weighted by molar-refractivity contribution is -0.148. The fourth-order valence-electron chi connectivity index (χ4n) is 2.88. The molecule has 0 radical (unpaired) electrons. The van der Waals surface area contributed by atoms with Crippen molar-refractivity contribution in [1.82, 2.24) is 9.88 Å². The molecule has 1 N–H and O–H groups in total. The van der Waals surface area contributed by atoms with Gasteiger partial charge in [0, 0.05) is 13.1 Å². The van der Waals surface area contributed by atoms with Gasteiger partial charge in [0.05, 0.1) is 16.1 Å². The fourth-order valence-corrected chi connectivity index (χ4v) is 3.77. The van der Waals surface area contributed by atoms with Crippen molar-refractivity contribution in [3.63, 3.8) is 0 Å². The minimum absolute atomic E-state index is 0.0765. The Hall–Kier alpha value is -1.43. The first kappa shape index (κ1) is 15.0. The van der Waals surface area contributed by atoms with Gasteiger partial charge >= 0.3 is 5.97 Å². The molecule has 0 aliphatic carbocycles. The first-order valence-corrected chi connectivity index (χ1v) is 7.68. The highest BCUT2D eigenvalue weighted by Gasteiger charge is 2.45. The van der Waals surface area contributed by atoms with E-state index in [1.54, 1.807) is 4.90 Å². The number of carboxylic acid groups (broad SMARTS) is 1. The summed E-state index contributed by atoms with van der Waals surface area (Å²) in [7, 11) is 0. The first-order chi connectivity index (χ1) is 9.39. The molecule has 5 nitrogen and oxygen atoms in total. The number of aryl methyl sites for hydroxylation is 2.